The van der Waals surface area contributed by atoms with E-state index in [1.54, 1.807) is 24.4 Å². The molecule has 28 heavy (non-hydrogen) atoms. The van der Waals surface area contributed by atoms with E-state index in [0.717, 1.165) is 44.0 Å². The fourth-order valence-corrected chi connectivity index (χ4v) is 3.83. The van der Waals surface area contributed by atoms with Crippen molar-refractivity contribution >= 4 is 17.5 Å². The molecule has 3 heterocycles. The number of piperidine rings is 1. The first-order chi connectivity index (χ1) is 13.7. The second-order valence-electron chi connectivity index (χ2n) is 7.31. The molecule has 1 atom stereocenters. The van der Waals surface area contributed by atoms with E-state index in [4.69, 9.17) is 21.1 Å². The zero-order valence-corrected chi connectivity index (χ0v) is 16.4. The normalized spacial score (nSPS) is 20.0. The number of pyridine rings is 1. The number of fused-ring (bicyclic) bond motifs is 1. The Morgan fingerprint density at radius 1 is 1.21 bits per heavy atom. The number of hydrogen-bond acceptors (Lipinski definition) is 5. The smallest absolute Gasteiger partial charge is 0.269 e. The van der Waals surface area contributed by atoms with E-state index in [2.05, 4.69) is 15.2 Å². The first-order valence-corrected chi connectivity index (χ1v) is 10.1. The Labute approximate surface area is 169 Å². The van der Waals surface area contributed by atoms with Crippen LogP contribution in [-0.2, 0) is 0 Å². The maximum absolute atomic E-state index is 12.1. The van der Waals surface area contributed by atoms with E-state index >= 15 is 0 Å². The van der Waals surface area contributed by atoms with Gasteiger partial charge in [-0.2, -0.15) is 0 Å². The van der Waals surface area contributed by atoms with Gasteiger partial charge in [-0.25, -0.2) is 0 Å². The van der Waals surface area contributed by atoms with E-state index in [9.17, 15) is 4.79 Å². The van der Waals surface area contributed by atoms with Crippen molar-refractivity contribution in [3.05, 3.63) is 53.3 Å². The predicted octanol–water partition coefficient (Wildman–Crippen LogP) is 3.02. The summed E-state index contributed by atoms with van der Waals surface area (Å²) in [5, 5.41) is 3.65. The Kier molecular flexibility index (Phi) is 5.98. The van der Waals surface area contributed by atoms with Crippen LogP contribution in [0.3, 0.4) is 0 Å². The van der Waals surface area contributed by atoms with Gasteiger partial charge in [-0.05, 0) is 56.1 Å². The highest BCUT2D eigenvalue weighted by molar-refractivity contribution is 6.30. The number of halogens is 1. The molecule has 1 amide bonds. The van der Waals surface area contributed by atoms with Gasteiger partial charge in [0.05, 0.1) is 0 Å². The average molecular weight is 402 g/mol. The molecule has 1 N–H and O–H groups in total. The maximum atomic E-state index is 12.1. The molecule has 2 aromatic rings. The zero-order chi connectivity index (χ0) is 19.3. The largest absolute Gasteiger partial charge is 0.486 e. The molecule has 1 aromatic heterocycles. The molecule has 1 fully saturated rings. The van der Waals surface area contributed by atoms with E-state index in [1.807, 2.05) is 18.2 Å². The molecule has 0 aliphatic carbocycles. The van der Waals surface area contributed by atoms with Crippen LogP contribution in [0.1, 0.15) is 23.3 Å². The molecule has 4 rings (SSSR count). The Morgan fingerprint density at radius 2 is 2.07 bits per heavy atom. The highest BCUT2D eigenvalue weighted by Crippen LogP contribution is 2.34. The number of hydrogen-bond donors (Lipinski definition) is 1. The lowest BCUT2D eigenvalue weighted by Crippen LogP contribution is -2.45. The van der Waals surface area contributed by atoms with Crippen molar-refractivity contribution in [1.82, 2.24) is 15.2 Å². The molecule has 6 nitrogen and oxygen atoms in total. The number of amides is 1. The molecule has 148 valence electrons. The summed E-state index contributed by atoms with van der Waals surface area (Å²) in [6, 6.07) is 10.8. The number of benzene rings is 1. The number of nitrogens with one attached hydrogen (secondary N) is 1. The third-order valence-corrected chi connectivity index (χ3v) is 5.48. The second kappa shape index (κ2) is 8.80. The lowest BCUT2D eigenvalue weighted by atomic mass is 9.96. The number of carbonyl (C=O) groups is 1. The number of nitrogens with zero attached hydrogens (tertiary/aromatic N) is 2. The van der Waals surface area contributed by atoms with E-state index < -0.39 is 0 Å². The lowest BCUT2D eigenvalue weighted by Gasteiger charge is -2.35. The van der Waals surface area contributed by atoms with Crippen LogP contribution in [0.2, 0.25) is 5.02 Å². The average Bonchev–Trinajstić information content (AvgIpc) is 2.73. The summed E-state index contributed by atoms with van der Waals surface area (Å²) in [5.41, 5.74) is 0.467. The quantitative estimate of drug-likeness (QED) is 0.834. The molecule has 0 radical (unpaired) electrons. The van der Waals surface area contributed by atoms with Crippen LogP contribution in [0.15, 0.2) is 42.6 Å². The molecular formula is C21H24ClN3O3. The minimum Gasteiger partial charge on any atom is -0.486 e. The minimum absolute atomic E-state index is 0.00590. The fourth-order valence-electron chi connectivity index (χ4n) is 3.67. The van der Waals surface area contributed by atoms with Crippen LogP contribution >= 0.6 is 11.6 Å². The highest BCUT2D eigenvalue weighted by Gasteiger charge is 2.26. The van der Waals surface area contributed by atoms with Crippen molar-refractivity contribution in [2.45, 2.75) is 18.9 Å². The van der Waals surface area contributed by atoms with Gasteiger partial charge in [0.25, 0.3) is 5.91 Å². The van der Waals surface area contributed by atoms with E-state index in [-0.39, 0.29) is 12.0 Å². The molecule has 1 saturated heterocycles. The van der Waals surface area contributed by atoms with Crippen molar-refractivity contribution in [1.29, 1.82) is 0 Å². The summed E-state index contributed by atoms with van der Waals surface area (Å²) in [5.74, 6) is 1.86. The van der Waals surface area contributed by atoms with Gasteiger partial charge in [0.1, 0.15) is 18.4 Å². The molecule has 2 aliphatic heterocycles. The summed E-state index contributed by atoms with van der Waals surface area (Å²) in [7, 11) is 0. The van der Waals surface area contributed by atoms with Crippen molar-refractivity contribution in [3.63, 3.8) is 0 Å². The second-order valence-corrected chi connectivity index (χ2v) is 7.75. The van der Waals surface area contributed by atoms with Gasteiger partial charge in [0.15, 0.2) is 11.5 Å². The number of aromatic nitrogens is 1. The Morgan fingerprint density at radius 3 is 2.86 bits per heavy atom. The first kappa shape index (κ1) is 19.0. The monoisotopic (exact) mass is 401 g/mol. The van der Waals surface area contributed by atoms with Gasteiger partial charge in [-0.15, -0.1) is 0 Å². The maximum Gasteiger partial charge on any atom is 0.269 e. The van der Waals surface area contributed by atoms with Gasteiger partial charge < -0.3 is 14.8 Å². The molecular weight excluding hydrogens is 378 g/mol. The van der Waals surface area contributed by atoms with E-state index in [0.29, 0.717) is 29.8 Å². The molecule has 0 bridgehead atoms. The highest BCUT2D eigenvalue weighted by atomic mass is 35.5. The van der Waals surface area contributed by atoms with Crippen LogP contribution in [0.5, 0.6) is 11.5 Å². The van der Waals surface area contributed by atoms with Crippen molar-refractivity contribution < 1.29 is 14.3 Å². The number of carbonyl (C=O) groups excluding carboxylic acids is 1. The molecule has 7 heteroatoms. The summed E-state index contributed by atoms with van der Waals surface area (Å²) in [6.45, 7) is 4.06. The van der Waals surface area contributed by atoms with Gasteiger partial charge in [0, 0.05) is 30.4 Å². The van der Waals surface area contributed by atoms with Crippen molar-refractivity contribution in [3.8, 4) is 11.5 Å². The van der Waals surface area contributed by atoms with Gasteiger partial charge >= 0.3 is 0 Å². The third-order valence-electron chi connectivity index (χ3n) is 5.24. The van der Waals surface area contributed by atoms with Gasteiger partial charge in [-0.1, -0.05) is 17.7 Å². The first-order valence-electron chi connectivity index (χ1n) is 9.68. The summed E-state index contributed by atoms with van der Waals surface area (Å²) < 4.78 is 11.9. The van der Waals surface area contributed by atoms with Crippen molar-refractivity contribution in [2.24, 2.45) is 5.92 Å². The molecule has 0 spiro atoms. The van der Waals surface area contributed by atoms with Crippen LogP contribution in [0.25, 0.3) is 0 Å². The minimum atomic E-state index is -0.104. The Hall–Kier alpha value is -2.31. The van der Waals surface area contributed by atoms with Crippen LogP contribution < -0.4 is 14.8 Å². The SMILES string of the molecule is O=C(NCC1CCN(CC2COc3ccc(Cl)cc3O2)CC1)c1ccccn1. The topological polar surface area (TPSA) is 63.7 Å². The Bertz CT molecular complexity index is 810. The standard InChI is InChI=1S/C21H24ClN3O3/c22-16-4-5-19-20(11-16)28-17(14-27-19)13-25-9-6-15(7-10-25)12-24-21(26)18-3-1-2-8-23-18/h1-5,8,11,15,17H,6-7,9-10,12-14H2,(H,24,26). The fraction of sp³-hybridized carbons (Fsp3) is 0.429. The number of ether oxygens (including phenoxy) is 2. The van der Waals surface area contributed by atoms with Crippen LogP contribution in [-0.4, -0.2) is 54.7 Å². The Balaban J connectivity index is 1.20. The zero-order valence-electron chi connectivity index (χ0n) is 15.6. The number of likely N-dealkylation sites (tertiary alicyclic amines) is 1. The molecule has 2 aliphatic rings. The van der Waals surface area contributed by atoms with Gasteiger partial charge in [0.2, 0.25) is 0 Å². The molecule has 1 aromatic carbocycles. The third kappa shape index (κ3) is 4.75. The van der Waals surface area contributed by atoms with Crippen molar-refractivity contribution in [2.75, 3.05) is 32.8 Å². The van der Waals surface area contributed by atoms with Crippen LogP contribution in [0.4, 0.5) is 0 Å². The van der Waals surface area contributed by atoms with Crippen LogP contribution in [0, 0.1) is 5.92 Å². The summed E-state index contributed by atoms with van der Waals surface area (Å²) >= 11 is 6.04. The molecule has 1 unspecified atom stereocenters. The summed E-state index contributed by atoms with van der Waals surface area (Å²) in [6.07, 6.45) is 3.75. The lowest BCUT2D eigenvalue weighted by molar-refractivity contribution is 0.0476. The van der Waals surface area contributed by atoms with E-state index in [1.165, 1.54) is 0 Å². The number of rotatable bonds is 5. The van der Waals surface area contributed by atoms with Gasteiger partial charge in [-0.3, -0.25) is 14.7 Å². The summed E-state index contributed by atoms with van der Waals surface area (Å²) in [4.78, 5) is 18.6. The predicted molar refractivity (Wildman–Crippen MR) is 107 cm³/mol. The molecule has 0 saturated carbocycles.